The van der Waals surface area contributed by atoms with Gasteiger partial charge in [0, 0.05) is 12.4 Å². The molecule has 0 spiro atoms. The van der Waals surface area contributed by atoms with E-state index in [0.717, 1.165) is 16.8 Å². The number of aryl methyl sites for hydroxylation is 2. The molecule has 0 aliphatic heterocycles. The molecule has 0 radical (unpaired) electrons. The number of amides is 1. The first kappa shape index (κ1) is 17.0. The van der Waals surface area contributed by atoms with Crippen molar-refractivity contribution in [1.29, 1.82) is 0 Å². The number of nitrogens with zero attached hydrogens (tertiary/aromatic N) is 2. The van der Waals surface area contributed by atoms with Gasteiger partial charge in [-0.05, 0) is 43.2 Å². The lowest BCUT2D eigenvalue weighted by Gasteiger charge is -2.11. The summed E-state index contributed by atoms with van der Waals surface area (Å²) in [4.78, 5) is 20.4. The number of furan rings is 1. The second-order valence-corrected chi connectivity index (χ2v) is 6.03. The van der Waals surface area contributed by atoms with E-state index in [1.807, 2.05) is 26.0 Å². The maximum absolute atomic E-state index is 12.1. The lowest BCUT2D eigenvalue weighted by atomic mass is 10.1. The molecule has 3 rings (SSSR count). The average Bonchev–Trinajstić information content (AvgIpc) is 3.10. The zero-order chi connectivity index (χ0) is 17.8. The molecule has 2 N–H and O–H groups in total. The third-order valence-corrected chi connectivity index (χ3v) is 3.88. The summed E-state index contributed by atoms with van der Waals surface area (Å²) >= 11 is 6.27. The van der Waals surface area contributed by atoms with Crippen LogP contribution in [0, 0.1) is 13.8 Å². The van der Waals surface area contributed by atoms with E-state index in [1.165, 1.54) is 12.4 Å². The zero-order valence-corrected chi connectivity index (χ0v) is 14.6. The summed E-state index contributed by atoms with van der Waals surface area (Å²) in [6.45, 7) is 4.25. The van der Waals surface area contributed by atoms with E-state index in [2.05, 4.69) is 20.6 Å². The van der Waals surface area contributed by atoms with E-state index in [4.69, 9.17) is 16.0 Å². The van der Waals surface area contributed by atoms with Gasteiger partial charge in [-0.15, -0.1) is 0 Å². The van der Waals surface area contributed by atoms with Crippen molar-refractivity contribution < 1.29 is 9.21 Å². The van der Waals surface area contributed by atoms with Crippen molar-refractivity contribution in [2.24, 2.45) is 0 Å². The van der Waals surface area contributed by atoms with Crippen molar-refractivity contribution in [1.82, 2.24) is 15.3 Å². The van der Waals surface area contributed by atoms with Gasteiger partial charge in [-0.2, -0.15) is 0 Å². The molecule has 3 aromatic rings. The highest BCUT2D eigenvalue weighted by Gasteiger charge is 2.10. The summed E-state index contributed by atoms with van der Waals surface area (Å²) in [6, 6.07) is 7.44. The van der Waals surface area contributed by atoms with Gasteiger partial charge in [-0.25, -0.2) is 9.97 Å². The molecule has 2 aromatic heterocycles. The topological polar surface area (TPSA) is 80.0 Å². The van der Waals surface area contributed by atoms with Gasteiger partial charge in [0.2, 0.25) is 5.95 Å². The lowest BCUT2D eigenvalue weighted by Crippen LogP contribution is -2.23. The van der Waals surface area contributed by atoms with Crippen molar-refractivity contribution in [2.45, 2.75) is 20.4 Å². The van der Waals surface area contributed by atoms with E-state index < -0.39 is 0 Å². The first-order valence-electron chi connectivity index (χ1n) is 7.69. The molecule has 2 heterocycles. The van der Waals surface area contributed by atoms with Crippen LogP contribution < -0.4 is 10.6 Å². The zero-order valence-electron chi connectivity index (χ0n) is 13.8. The minimum Gasteiger partial charge on any atom is -0.467 e. The molecule has 1 aromatic carbocycles. The molecule has 0 atom stereocenters. The summed E-state index contributed by atoms with van der Waals surface area (Å²) in [6.07, 6.45) is 4.48. The molecule has 0 saturated carbocycles. The highest BCUT2D eigenvalue weighted by molar-refractivity contribution is 6.33. The predicted octanol–water partition coefficient (Wildman–Crippen LogP) is 4.01. The smallest absolute Gasteiger partial charge is 0.254 e. The van der Waals surface area contributed by atoms with Crippen LogP contribution in [-0.4, -0.2) is 15.9 Å². The lowest BCUT2D eigenvalue weighted by molar-refractivity contribution is 0.0947. The summed E-state index contributed by atoms with van der Waals surface area (Å²) in [7, 11) is 0. The standard InChI is InChI=1S/C18H17ClN4O2/c1-11-6-12(2)16(15(19)7-11)23-18-21-8-13(9-22-18)17(24)20-10-14-4-3-5-25-14/h3-9H,10H2,1-2H3,(H,20,24)(H,21,22,23). The fourth-order valence-electron chi connectivity index (χ4n) is 2.38. The number of anilines is 2. The molecule has 0 bridgehead atoms. The third-order valence-electron chi connectivity index (χ3n) is 3.59. The highest BCUT2D eigenvalue weighted by atomic mass is 35.5. The molecule has 0 aliphatic rings. The highest BCUT2D eigenvalue weighted by Crippen LogP contribution is 2.29. The van der Waals surface area contributed by atoms with Crippen molar-refractivity contribution >= 4 is 29.1 Å². The predicted molar refractivity (Wildman–Crippen MR) is 96.1 cm³/mol. The number of carbonyl (C=O) groups excluding carboxylic acids is 1. The maximum Gasteiger partial charge on any atom is 0.254 e. The van der Waals surface area contributed by atoms with Crippen LogP contribution in [0.25, 0.3) is 0 Å². The second kappa shape index (κ2) is 7.36. The minimum atomic E-state index is -0.271. The van der Waals surface area contributed by atoms with Crippen LogP contribution in [-0.2, 0) is 6.54 Å². The molecular formula is C18H17ClN4O2. The van der Waals surface area contributed by atoms with Gasteiger partial charge in [0.25, 0.3) is 5.91 Å². The van der Waals surface area contributed by atoms with Gasteiger partial charge in [-0.3, -0.25) is 4.79 Å². The Morgan fingerprint density at radius 1 is 1.24 bits per heavy atom. The summed E-state index contributed by atoms with van der Waals surface area (Å²) in [5.74, 6) is 0.779. The number of hydrogen-bond acceptors (Lipinski definition) is 5. The molecule has 7 heteroatoms. The molecule has 25 heavy (non-hydrogen) atoms. The van der Waals surface area contributed by atoms with Crippen LogP contribution >= 0.6 is 11.6 Å². The molecule has 128 valence electrons. The number of nitrogens with one attached hydrogen (secondary N) is 2. The molecule has 1 amide bonds. The second-order valence-electron chi connectivity index (χ2n) is 5.62. The monoisotopic (exact) mass is 356 g/mol. The number of rotatable bonds is 5. The van der Waals surface area contributed by atoms with Gasteiger partial charge in [0.05, 0.1) is 29.1 Å². The first-order valence-corrected chi connectivity index (χ1v) is 8.07. The summed E-state index contributed by atoms with van der Waals surface area (Å²) < 4.78 is 5.17. The fourth-order valence-corrected chi connectivity index (χ4v) is 2.75. The molecule has 0 aliphatic carbocycles. The fraction of sp³-hybridized carbons (Fsp3) is 0.167. The first-order chi connectivity index (χ1) is 12.0. The molecule has 0 unspecified atom stereocenters. The van der Waals surface area contributed by atoms with E-state index in [-0.39, 0.29) is 5.91 Å². The van der Waals surface area contributed by atoms with E-state index in [0.29, 0.717) is 28.8 Å². The van der Waals surface area contributed by atoms with E-state index in [9.17, 15) is 4.79 Å². The van der Waals surface area contributed by atoms with Crippen molar-refractivity contribution in [3.8, 4) is 0 Å². The summed E-state index contributed by atoms with van der Waals surface area (Å²) in [5, 5.41) is 6.43. The number of hydrogen-bond donors (Lipinski definition) is 2. The van der Waals surface area contributed by atoms with Gasteiger partial charge < -0.3 is 15.1 Å². The van der Waals surface area contributed by atoms with Crippen molar-refractivity contribution in [2.75, 3.05) is 5.32 Å². The Kier molecular flexibility index (Phi) is 5.00. The molecule has 6 nitrogen and oxygen atoms in total. The van der Waals surface area contributed by atoms with Crippen LogP contribution in [0.2, 0.25) is 5.02 Å². The Morgan fingerprint density at radius 2 is 2.00 bits per heavy atom. The molecule has 0 saturated heterocycles. The van der Waals surface area contributed by atoms with Crippen LogP contribution in [0.4, 0.5) is 11.6 Å². The Hall–Kier alpha value is -2.86. The van der Waals surface area contributed by atoms with Crippen molar-refractivity contribution in [3.63, 3.8) is 0 Å². The van der Waals surface area contributed by atoms with E-state index >= 15 is 0 Å². The Balaban J connectivity index is 1.67. The maximum atomic E-state index is 12.1. The Morgan fingerprint density at radius 3 is 2.64 bits per heavy atom. The normalized spacial score (nSPS) is 10.5. The number of aromatic nitrogens is 2. The summed E-state index contributed by atoms with van der Waals surface area (Å²) in [5.41, 5.74) is 3.19. The van der Waals surface area contributed by atoms with Crippen LogP contribution in [0.5, 0.6) is 0 Å². The van der Waals surface area contributed by atoms with Gasteiger partial charge in [0.15, 0.2) is 0 Å². The van der Waals surface area contributed by atoms with Crippen LogP contribution in [0.3, 0.4) is 0 Å². The van der Waals surface area contributed by atoms with Gasteiger partial charge >= 0.3 is 0 Å². The SMILES string of the molecule is Cc1cc(C)c(Nc2ncc(C(=O)NCc3ccco3)cn2)c(Cl)c1. The third kappa shape index (κ3) is 4.16. The Bertz CT molecular complexity index is 854. The number of benzene rings is 1. The van der Waals surface area contributed by atoms with E-state index in [1.54, 1.807) is 18.4 Å². The quantitative estimate of drug-likeness (QED) is 0.721. The van der Waals surface area contributed by atoms with Crippen LogP contribution in [0.1, 0.15) is 27.2 Å². The van der Waals surface area contributed by atoms with Crippen molar-refractivity contribution in [3.05, 3.63) is 70.4 Å². The largest absolute Gasteiger partial charge is 0.467 e. The molecular weight excluding hydrogens is 340 g/mol. The van der Waals surface area contributed by atoms with Crippen LogP contribution in [0.15, 0.2) is 47.3 Å². The molecule has 0 fully saturated rings. The van der Waals surface area contributed by atoms with Gasteiger partial charge in [0.1, 0.15) is 5.76 Å². The average molecular weight is 357 g/mol. The minimum absolute atomic E-state index is 0.271. The number of halogens is 1. The number of carbonyl (C=O) groups is 1. The van der Waals surface area contributed by atoms with Gasteiger partial charge in [-0.1, -0.05) is 17.7 Å². The Labute approximate surface area is 150 Å².